The fourth-order valence-corrected chi connectivity index (χ4v) is 5.54. The number of carbonyl (C=O) groups is 1. The van der Waals surface area contributed by atoms with Crippen molar-refractivity contribution in [1.82, 2.24) is 19.7 Å². The number of nitrogens with zero attached hydrogens (tertiary/aromatic N) is 4. The van der Waals surface area contributed by atoms with Crippen molar-refractivity contribution < 1.29 is 13.9 Å². The van der Waals surface area contributed by atoms with E-state index < -0.39 is 6.04 Å². The Kier molecular flexibility index (Phi) is 7.43. The zero-order chi connectivity index (χ0) is 28.3. The van der Waals surface area contributed by atoms with Crippen LogP contribution >= 0.6 is 11.8 Å². The van der Waals surface area contributed by atoms with Gasteiger partial charge in [0.2, 0.25) is 17.0 Å². The summed E-state index contributed by atoms with van der Waals surface area (Å²) in [5.74, 6) is 2.23. The van der Waals surface area contributed by atoms with Gasteiger partial charge in [-0.3, -0.25) is 0 Å². The Morgan fingerprint density at radius 1 is 1.00 bits per heavy atom. The number of hydrogen-bond acceptors (Lipinski definition) is 8. The first-order chi connectivity index (χ1) is 20.0. The predicted octanol–water partition coefficient (Wildman–Crippen LogP) is 7.05. The van der Waals surface area contributed by atoms with Gasteiger partial charge in [-0.05, 0) is 44.0 Å². The number of esters is 1. The molecule has 0 saturated heterocycles. The lowest BCUT2D eigenvalue weighted by molar-refractivity contribution is -0.139. The SMILES string of the molecule is CCOC(=O)C1=C(C)Nc2nc(SCc3ccc(-c4ncc(-c5ccccc5)o4)cc3)nn2C1c1ccc(C)cc1. The van der Waals surface area contributed by atoms with Crippen LogP contribution in [0.4, 0.5) is 5.95 Å². The molecule has 206 valence electrons. The third-order valence-electron chi connectivity index (χ3n) is 6.85. The lowest BCUT2D eigenvalue weighted by Crippen LogP contribution is -2.29. The molecule has 1 unspecified atom stereocenters. The Bertz CT molecular complexity index is 1710. The molecule has 0 fully saturated rings. The molecular formula is C32H29N5O3S. The maximum atomic E-state index is 13.0. The van der Waals surface area contributed by atoms with Gasteiger partial charge in [-0.2, -0.15) is 4.98 Å². The second kappa shape index (κ2) is 11.5. The number of ether oxygens (including phenoxy) is 1. The van der Waals surface area contributed by atoms with E-state index >= 15 is 0 Å². The van der Waals surface area contributed by atoms with Gasteiger partial charge in [-0.25, -0.2) is 14.5 Å². The highest BCUT2D eigenvalue weighted by Gasteiger charge is 2.35. The van der Waals surface area contributed by atoms with E-state index in [4.69, 9.17) is 19.2 Å². The van der Waals surface area contributed by atoms with Crippen molar-refractivity contribution in [3.05, 3.63) is 113 Å². The number of benzene rings is 3. The normalized spacial score (nSPS) is 14.5. The van der Waals surface area contributed by atoms with E-state index in [0.717, 1.165) is 33.6 Å². The Morgan fingerprint density at radius 3 is 2.49 bits per heavy atom. The molecule has 1 aliphatic rings. The molecule has 9 heteroatoms. The summed E-state index contributed by atoms with van der Waals surface area (Å²) in [5.41, 5.74) is 6.35. The van der Waals surface area contributed by atoms with Crippen molar-refractivity contribution in [3.8, 4) is 22.8 Å². The lowest BCUT2D eigenvalue weighted by atomic mass is 9.95. The largest absolute Gasteiger partial charge is 0.463 e. The summed E-state index contributed by atoms with van der Waals surface area (Å²) in [6.07, 6.45) is 1.75. The number of oxazole rings is 1. The van der Waals surface area contributed by atoms with Crippen molar-refractivity contribution in [3.63, 3.8) is 0 Å². The Balaban J connectivity index is 1.20. The maximum Gasteiger partial charge on any atom is 0.338 e. The summed E-state index contributed by atoms with van der Waals surface area (Å²) in [6.45, 7) is 6.01. The van der Waals surface area contributed by atoms with Crippen LogP contribution in [0, 0.1) is 6.92 Å². The molecule has 3 aromatic carbocycles. The van der Waals surface area contributed by atoms with Crippen LogP contribution < -0.4 is 5.32 Å². The van der Waals surface area contributed by atoms with Gasteiger partial charge in [-0.15, -0.1) is 5.10 Å². The van der Waals surface area contributed by atoms with Crippen molar-refractivity contribution in [2.24, 2.45) is 0 Å². The number of fused-ring (bicyclic) bond motifs is 1. The van der Waals surface area contributed by atoms with E-state index in [2.05, 4.69) is 22.4 Å². The lowest BCUT2D eigenvalue weighted by Gasteiger charge is -2.28. The molecule has 0 aliphatic carbocycles. The molecule has 1 N–H and O–H groups in total. The van der Waals surface area contributed by atoms with Gasteiger partial charge in [0.1, 0.15) is 6.04 Å². The van der Waals surface area contributed by atoms with Crippen molar-refractivity contribution in [2.75, 3.05) is 11.9 Å². The summed E-state index contributed by atoms with van der Waals surface area (Å²) >= 11 is 1.53. The number of thioether (sulfide) groups is 1. The molecule has 0 amide bonds. The fraction of sp³-hybridized carbons (Fsp3) is 0.188. The Hall–Kier alpha value is -4.63. The van der Waals surface area contributed by atoms with Crippen molar-refractivity contribution in [2.45, 2.75) is 37.7 Å². The highest BCUT2D eigenvalue weighted by molar-refractivity contribution is 7.98. The minimum Gasteiger partial charge on any atom is -0.463 e. The minimum atomic E-state index is -0.436. The van der Waals surface area contributed by atoms with E-state index in [1.54, 1.807) is 17.8 Å². The van der Waals surface area contributed by atoms with E-state index in [1.165, 1.54) is 11.8 Å². The number of carbonyl (C=O) groups excluding carboxylic acids is 1. The third kappa shape index (κ3) is 5.53. The van der Waals surface area contributed by atoms with Gasteiger partial charge in [0.15, 0.2) is 5.76 Å². The zero-order valence-electron chi connectivity index (χ0n) is 23.0. The summed E-state index contributed by atoms with van der Waals surface area (Å²) < 4.78 is 13.2. The van der Waals surface area contributed by atoms with Gasteiger partial charge < -0.3 is 14.5 Å². The molecule has 41 heavy (non-hydrogen) atoms. The summed E-state index contributed by atoms with van der Waals surface area (Å²) in [5, 5.41) is 8.68. The molecule has 8 nitrogen and oxygen atoms in total. The van der Waals surface area contributed by atoms with E-state index in [9.17, 15) is 4.79 Å². The van der Waals surface area contributed by atoms with Crippen LogP contribution in [0.3, 0.4) is 0 Å². The second-order valence-corrected chi connectivity index (χ2v) is 10.7. The van der Waals surface area contributed by atoms with Crippen LogP contribution in [0.15, 0.2) is 106 Å². The second-order valence-electron chi connectivity index (χ2n) is 9.74. The van der Waals surface area contributed by atoms with Crippen molar-refractivity contribution >= 4 is 23.7 Å². The summed E-state index contributed by atoms with van der Waals surface area (Å²) in [6, 6.07) is 25.7. The highest BCUT2D eigenvalue weighted by Crippen LogP contribution is 2.37. The molecule has 6 rings (SSSR count). The van der Waals surface area contributed by atoms with Crippen LogP contribution in [-0.4, -0.2) is 32.3 Å². The Morgan fingerprint density at radius 2 is 1.76 bits per heavy atom. The molecule has 1 atom stereocenters. The minimum absolute atomic E-state index is 0.296. The Labute approximate surface area is 242 Å². The van der Waals surface area contributed by atoms with Crippen LogP contribution in [-0.2, 0) is 15.3 Å². The quantitative estimate of drug-likeness (QED) is 0.158. The highest BCUT2D eigenvalue weighted by atomic mass is 32.2. The first-order valence-corrected chi connectivity index (χ1v) is 14.4. The summed E-state index contributed by atoms with van der Waals surface area (Å²) in [4.78, 5) is 22.2. The maximum absolute atomic E-state index is 13.0. The fourth-order valence-electron chi connectivity index (χ4n) is 4.76. The number of aromatic nitrogens is 4. The smallest absolute Gasteiger partial charge is 0.338 e. The standard InChI is InChI=1S/C32H29N5O3S/c1-4-39-30(38)27-21(3)34-31-35-32(36-37(31)28(27)24-14-10-20(2)11-15-24)41-19-22-12-16-25(17-13-22)29-33-18-26(40-29)23-8-6-5-7-9-23/h5-18,28H,4,19H2,1-3H3,(H,34,35,36). The van der Waals surface area contributed by atoms with Crippen LogP contribution in [0.1, 0.15) is 36.6 Å². The molecule has 0 bridgehead atoms. The van der Waals surface area contributed by atoms with Gasteiger partial charge in [0, 0.05) is 22.6 Å². The van der Waals surface area contributed by atoms with Crippen LogP contribution in [0.25, 0.3) is 22.8 Å². The van der Waals surface area contributed by atoms with E-state index in [-0.39, 0.29) is 5.97 Å². The van der Waals surface area contributed by atoms with Crippen molar-refractivity contribution in [1.29, 1.82) is 0 Å². The molecular weight excluding hydrogens is 534 g/mol. The predicted molar refractivity (Wildman–Crippen MR) is 159 cm³/mol. The van der Waals surface area contributed by atoms with Gasteiger partial charge in [0.25, 0.3) is 0 Å². The number of nitrogens with one attached hydrogen (secondary N) is 1. The number of hydrogen-bond donors (Lipinski definition) is 1. The molecule has 1 aliphatic heterocycles. The molecule has 0 radical (unpaired) electrons. The monoisotopic (exact) mass is 563 g/mol. The number of anilines is 1. The van der Waals surface area contributed by atoms with E-state index in [0.29, 0.717) is 40.6 Å². The van der Waals surface area contributed by atoms with Crippen LogP contribution in [0.5, 0.6) is 0 Å². The molecule has 5 aromatic rings. The van der Waals surface area contributed by atoms with Crippen LogP contribution in [0.2, 0.25) is 0 Å². The average Bonchev–Trinajstić information content (AvgIpc) is 3.64. The molecule has 0 saturated carbocycles. The van der Waals surface area contributed by atoms with Gasteiger partial charge >= 0.3 is 5.97 Å². The average molecular weight is 564 g/mol. The van der Waals surface area contributed by atoms with Gasteiger partial charge in [-0.1, -0.05) is 84.1 Å². The zero-order valence-corrected chi connectivity index (χ0v) is 23.8. The number of aryl methyl sites for hydroxylation is 1. The number of allylic oxidation sites excluding steroid dienone is 1. The topological polar surface area (TPSA) is 95.1 Å². The first kappa shape index (κ1) is 26.6. The number of rotatable bonds is 8. The van der Waals surface area contributed by atoms with Gasteiger partial charge in [0.05, 0.1) is 18.4 Å². The molecule has 0 spiro atoms. The van der Waals surface area contributed by atoms with E-state index in [1.807, 2.05) is 80.6 Å². The summed E-state index contributed by atoms with van der Waals surface area (Å²) in [7, 11) is 0. The molecule has 2 aromatic heterocycles. The molecule has 3 heterocycles. The third-order valence-corrected chi connectivity index (χ3v) is 7.76. The first-order valence-electron chi connectivity index (χ1n) is 13.4.